The molecule has 0 nitrogen and oxygen atoms in total. The molecular weight excluding hydrogens is 180 g/mol. The summed E-state index contributed by atoms with van der Waals surface area (Å²) in [6.07, 6.45) is 3.14. The Morgan fingerprint density at radius 2 is 2.12 bits per heavy atom. The number of allylic oxidation sites excluding steroid dienone is 1. The van der Waals surface area contributed by atoms with Crippen molar-refractivity contribution in [1.82, 2.24) is 0 Å². The second-order valence-corrected chi connectivity index (χ2v) is 12.9. The first-order valence-corrected chi connectivity index (χ1v) is 8.32. The predicted molar refractivity (Wildman–Crippen MR) is 46.0 cm³/mol. The fraction of sp³-hybridized carbons (Fsp3) is 0.667. The summed E-state index contributed by atoms with van der Waals surface area (Å²) in [6, 6.07) is 1.30. The lowest BCUT2D eigenvalue weighted by Gasteiger charge is -2.09. The highest BCUT2D eigenvalue weighted by Crippen LogP contribution is 2.18. The Labute approximate surface area is 60.6 Å². The Kier molecular flexibility index (Phi) is 3.65. The summed E-state index contributed by atoms with van der Waals surface area (Å²) in [7, 11) is 0. The first-order valence-electron chi connectivity index (χ1n) is 2.86. The largest absolute Gasteiger partial charge is 0.127 e. The van der Waals surface area contributed by atoms with E-state index in [0.29, 0.717) is 0 Å². The molecule has 8 heavy (non-hydrogen) atoms. The molecule has 0 aromatic carbocycles. The number of halogens is 1. The van der Waals surface area contributed by atoms with Gasteiger partial charge < -0.3 is 0 Å². The van der Waals surface area contributed by atoms with Crippen molar-refractivity contribution in [1.29, 1.82) is 0 Å². The summed E-state index contributed by atoms with van der Waals surface area (Å²) in [6.45, 7) is 7.33. The Morgan fingerprint density at radius 3 is 2.25 bits per heavy atom. The van der Waals surface area contributed by atoms with E-state index in [9.17, 15) is 0 Å². The van der Waals surface area contributed by atoms with Crippen LogP contribution in [0.4, 0.5) is 0 Å². The van der Waals surface area contributed by atoms with Crippen molar-refractivity contribution in [3.63, 3.8) is 0 Å². The van der Waals surface area contributed by atoms with Gasteiger partial charge in [0, 0.05) is 0 Å². The van der Waals surface area contributed by atoms with Gasteiger partial charge in [-0.05, 0) is 12.5 Å². The van der Waals surface area contributed by atoms with Gasteiger partial charge in [0.1, 0.15) is 6.69 Å². The Bertz CT molecular complexity index is 73.1. The van der Waals surface area contributed by atoms with Gasteiger partial charge in [0.25, 0.3) is 0 Å². The molecule has 0 atom stereocenters. The van der Waals surface area contributed by atoms with Crippen molar-refractivity contribution < 1.29 is 0 Å². The third-order valence-corrected chi connectivity index (χ3v) is 3.61. The van der Waals surface area contributed by atoms with Gasteiger partial charge in [0.15, 0.2) is 0 Å². The monoisotopic (exact) mass is 192 g/mol. The summed E-state index contributed by atoms with van der Waals surface area (Å²) in [5.41, 5.74) is 0. The van der Waals surface area contributed by atoms with Crippen LogP contribution in [0.25, 0.3) is 0 Å². The first kappa shape index (κ1) is 8.44. The predicted octanol–water partition coefficient (Wildman–Crippen LogP) is 3.16. The molecule has 0 saturated carbocycles. The van der Waals surface area contributed by atoms with E-state index >= 15 is 0 Å². The van der Waals surface area contributed by atoms with E-state index in [-0.39, 0.29) is 0 Å². The molecule has 0 aromatic heterocycles. The van der Waals surface area contributed by atoms with Gasteiger partial charge in [-0.1, -0.05) is 19.2 Å². The summed E-state index contributed by atoms with van der Waals surface area (Å²) in [5, 5.41) is 0. The van der Waals surface area contributed by atoms with Crippen molar-refractivity contribution in [2.75, 3.05) is 0 Å². The third-order valence-electron chi connectivity index (χ3n) is 0.943. The quantitative estimate of drug-likeness (QED) is 0.367. The lowest BCUT2D eigenvalue weighted by molar-refractivity contribution is 1.19. The standard InChI is InChI=1S/C6H13BrSi/c1-4-5-6-8(2,3)7/h4H,1,5-6H2,2-3H3. The molecule has 0 unspecified atom stereocenters. The summed E-state index contributed by atoms with van der Waals surface area (Å²) < 4.78 is 0. The molecule has 0 spiro atoms. The van der Waals surface area contributed by atoms with Crippen molar-refractivity contribution in [2.24, 2.45) is 0 Å². The van der Waals surface area contributed by atoms with Crippen LogP contribution in [0.3, 0.4) is 0 Å². The molecule has 0 aliphatic carbocycles. The summed E-state index contributed by atoms with van der Waals surface area (Å²) >= 11 is 3.67. The van der Waals surface area contributed by atoms with Crippen LogP contribution in [0, 0.1) is 0 Å². The van der Waals surface area contributed by atoms with Crippen LogP contribution in [0.1, 0.15) is 6.42 Å². The van der Waals surface area contributed by atoms with Crippen LogP contribution in [-0.4, -0.2) is 6.69 Å². The molecule has 2 heteroatoms. The zero-order chi connectivity index (χ0) is 6.62. The average Bonchev–Trinajstić information content (AvgIpc) is 1.59. The fourth-order valence-corrected chi connectivity index (χ4v) is 2.02. The lowest BCUT2D eigenvalue weighted by Crippen LogP contribution is -2.13. The van der Waals surface area contributed by atoms with Crippen LogP contribution in [-0.2, 0) is 0 Å². The second kappa shape index (κ2) is 3.46. The zero-order valence-corrected chi connectivity index (χ0v) is 8.16. The van der Waals surface area contributed by atoms with E-state index < -0.39 is 6.69 Å². The van der Waals surface area contributed by atoms with Crippen LogP contribution in [0.5, 0.6) is 0 Å². The Balaban J connectivity index is 3.24. The van der Waals surface area contributed by atoms with E-state index in [1.165, 1.54) is 6.04 Å². The molecule has 0 amide bonds. The van der Waals surface area contributed by atoms with Crippen LogP contribution in [0.15, 0.2) is 12.7 Å². The van der Waals surface area contributed by atoms with Crippen molar-refractivity contribution >= 4 is 22.0 Å². The van der Waals surface area contributed by atoms with Gasteiger partial charge in [-0.3, -0.25) is 0 Å². The van der Waals surface area contributed by atoms with E-state index in [1.54, 1.807) is 0 Å². The highest BCUT2D eigenvalue weighted by molar-refractivity contribution is 9.26. The van der Waals surface area contributed by atoms with Gasteiger partial charge >= 0.3 is 0 Å². The maximum Gasteiger partial charge on any atom is 0.124 e. The molecule has 0 aliphatic heterocycles. The Hall–Kier alpha value is 0.437. The smallest absolute Gasteiger partial charge is 0.124 e. The molecule has 0 heterocycles. The maximum absolute atomic E-state index is 3.67. The first-order chi connectivity index (χ1) is 3.56. The minimum Gasteiger partial charge on any atom is -0.127 e. The fourth-order valence-electron chi connectivity index (χ4n) is 0.445. The topological polar surface area (TPSA) is 0 Å². The zero-order valence-electron chi connectivity index (χ0n) is 5.58. The number of hydrogen-bond donors (Lipinski definition) is 0. The molecule has 0 rings (SSSR count). The van der Waals surface area contributed by atoms with Crippen LogP contribution < -0.4 is 0 Å². The van der Waals surface area contributed by atoms with E-state index in [0.717, 1.165) is 6.42 Å². The van der Waals surface area contributed by atoms with Crippen LogP contribution in [0.2, 0.25) is 19.1 Å². The summed E-state index contributed by atoms with van der Waals surface area (Å²) in [4.78, 5) is 0. The molecule has 0 radical (unpaired) electrons. The molecule has 0 N–H and O–H groups in total. The van der Waals surface area contributed by atoms with E-state index in [2.05, 4.69) is 35.0 Å². The molecule has 48 valence electrons. The lowest BCUT2D eigenvalue weighted by atomic mass is 10.5. The minimum atomic E-state index is -0.937. The highest BCUT2D eigenvalue weighted by atomic mass is 79.9. The van der Waals surface area contributed by atoms with Gasteiger partial charge in [0.05, 0.1) is 0 Å². The molecular formula is C6H13BrSi. The van der Waals surface area contributed by atoms with Crippen molar-refractivity contribution in [3.05, 3.63) is 12.7 Å². The third kappa shape index (κ3) is 6.44. The minimum absolute atomic E-state index is 0.937. The molecule has 0 aliphatic rings. The number of rotatable bonds is 3. The average molecular weight is 193 g/mol. The van der Waals surface area contributed by atoms with Gasteiger partial charge in [0.2, 0.25) is 0 Å². The second-order valence-electron chi connectivity index (χ2n) is 2.55. The summed E-state index contributed by atoms with van der Waals surface area (Å²) in [5.74, 6) is 0. The van der Waals surface area contributed by atoms with Gasteiger partial charge in [-0.2, -0.15) is 0 Å². The number of hydrogen-bond acceptors (Lipinski definition) is 0. The van der Waals surface area contributed by atoms with Crippen LogP contribution >= 0.6 is 15.3 Å². The van der Waals surface area contributed by atoms with Gasteiger partial charge in [-0.15, -0.1) is 21.9 Å². The van der Waals surface area contributed by atoms with E-state index in [1.807, 2.05) is 6.08 Å². The van der Waals surface area contributed by atoms with Crippen molar-refractivity contribution in [3.8, 4) is 0 Å². The highest BCUT2D eigenvalue weighted by Gasteiger charge is 2.13. The maximum atomic E-state index is 3.67. The molecule has 0 bridgehead atoms. The SMILES string of the molecule is C=CCC[Si](C)(C)Br. The normalized spacial score (nSPS) is 11.4. The van der Waals surface area contributed by atoms with Crippen molar-refractivity contribution in [2.45, 2.75) is 25.6 Å². The Morgan fingerprint density at radius 1 is 1.62 bits per heavy atom. The molecule has 0 fully saturated rings. The van der Waals surface area contributed by atoms with E-state index in [4.69, 9.17) is 0 Å². The van der Waals surface area contributed by atoms with Gasteiger partial charge in [-0.25, -0.2) is 0 Å². The molecule has 0 saturated heterocycles. The molecule has 0 aromatic rings.